The molecule has 0 saturated carbocycles. The number of ether oxygens (including phenoxy) is 1. The molecule has 174 valence electrons. The van der Waals surface area contributed by atoms with Crippen molar-refractivity contribution >= 4 is 40.4 Å². The van der Waals surface area contributed by atoms with Crippen LogP contribution in [0.5, 0.6) is 5.75 Å². The standard InChI is InChI=1S/C26H31N3O3S/c1-15(2)28-9-10-29(16(3)4)22-14-19(17(5)11-21(22)28)20-12-18(7-8-23(20)32-6)13-24-25(30)27-26(31)33-24/h7-8,11-16H,9-10H2,1-6H3,(H,27,30,31)/b24-13+. The number of methoxy groups -OCH3 is 1. The third-order valence-corrected chi connectivity index (χ3v) is 7.03. The third-order valence-electron chi connectivity index (χ3n) is 6.22. The lowest BCUT2D eigenvalue weighted by molar-refractivity contribution is -0.115. The Morgan fingerprint density at radius 2 is 1.61 bits per heavy atom. The largest absolute Gasteiger partial charge is 0.496 e. The highest BCUT2D eigenvalue weighted by atomic mass is 32.2. The fraction of sp³-hybridized carbons (Fsp3) is 0.385. The summed E-state index contributed by atoms with van der Waals surface area (Å²) in [5.74, 6) is 0.418. The first-order valence-electron chi connectivity index (χ1n) is 11.3. The van der Waals surface area contributed by atoms with Gasteiger partial charge in [0, 0.05) is 30.7 Å². The SMILES string of the molecule is COc1ccc(/C=C2/SC(=O)NC2=O)cc1-c1cc2c(cc1C)N(C(C)C)CCN2C(C)C. The Morgan fingerprint density at radius 1 is 0.970 bits per heavy atom. The summed E-state index contributed by atoms with van der Waals surface area (Å²) < 4.78 is 5.71. The van der Waals surface area contributed by atoms with E-state index in [4.69, 9.17) is 4.74 Å². The van der Waals surface area contributed by atoms with Gasteiger partial charge in [0.2, 0.25) is 0 Å². The number of fused-ring (bicyclic) bond motifs is 1. The molecule has 6 nitrogen and oxygen atoms in total. The van der Waals surface area contributed by atoms with E-state index >= 15 is 0 Å². The number of anilines is 2. The van der Waals surface area contributed by atoms with Crippen molar-refractivity contribution in [2.75, 3.05) is 30.0 Å². The molecule has 0 unspecified atom stereocenters. The van der Waals surface area contributed by atoms with Crippen molar-refractivity contribution < 1.29 is 14.3 Å². The fourth-order valence-corrected chi connectivity index (χ4v) is 5.24. The van der Waals surface area contributed by atoms with E-state index in [1.807, 2.05) is 18.2 Å². The second kappa shape index (κ2) is 9.14. The van der Waals surface area contributed by atoms with E-state index in [9.17, 15) is 9.59 Å². The van der Waals surface area contributed by atoms with Crippen LogP contribution in [-0.4, -0.2) is 43.4 Å². The summed E-state index contributed by atoms with van der Waals surface area (Å²) in [5.41, 5.74) is 6.57. The van der Waals surface area contributed by atoms with Gasteiger partial charge in [0.25, 0.3) is 11.1 Å². The van der Waals surface area contributed by atoms with E-state index in [0.717, 1.165) is 52.9 Å². The Kier molecular flexibility index (Phi) is 6.43. The van der Waals surface area contributed by atoms with Gasteiger partial charge in [-0.15, -0.1) is 0 Å². The highest BCUT2D eigenvalue weighted by Crippen LogP contribution is 2.43. The van der Waals surface area contributed by atoms with E-state index < -0.39 is 0 Å². The van der Waals surface area contributed by atoms with Gasteiger partial charge in [0.05, 0.1) is 23.4 Å². The van der Waals surface area contributed by atoms with Crippen LogP contribution < -0.4 is 19.9 Å². The second-order valence-corrected chi connectivity index (χ2v) is 10.1. The van der Waals surface area contributed by atoms with Crippen LogP contribution in [0.1, 0.15) is 38.8 Å². The van der Waals surface area contributed by atoms with Gasteiger partial charge in [-0.3, -0.25) is 14.9 Å². The lowest BCUT2D eigenvalue weighted by Gasteiger charge is -2.43. The molecule has 0 radical (unpaired) electrons. The smallest absolute Gasteiger partial charge is 0.290 e. The Hall–Kier alpha value is -2.93. The third kappa shape index (κ3) is 4.47. The molecule has 1 saturated heterocycles. The number of rotatable bonds is 5. The second-order valence-electron chi connectivity index (χ2n) is 9.04. The van der Waals surface area contributed by atoms with Gasteiger partial charge in [-0.25, -0.2) is 0 Å². The average Bonchev–Trinajstić information content (AvgIpc) is 3.08. The van der Waals surface area contributed by atoms with E-state index in [1.165, 1.54) is 11.4 Å². The summed E-state index contributed by atoms with van der Waals surface area (Å²) >= 11 is 0.926. The molecule has 0 atom stereocenters. The van der Waals surface area contributed by atoms with Crippen LogP contribution in [0.25, 0.3) is 17.2 Å². The molecular weight excluding hydrogens is 434 g/mol. The molecule has 0 bridgehead atoms. The number of imide groups is 1. The van der Waals surface area contributed by atoms with Crippen molar-refractivity contribution in [3.8, 4) is 16.9 Å². The first-order chi connectivity index (χ1) is 15.7. The number of nitrogens with zero attached hydrogens (tertiary/aromatic N) is 2. The molecule has 2 aliphatic rings. The Bertz CT molecular complexity index is 1140. The number of thioether (sulfide) groups is 1. The summed E-state index contributed by atoms with van der Waals surface area (Å²) in [5, 5.41) is 1.97. The van der Waals surface area contributed by atoms with Crippen LogP contribution in [0.15, 0.2) is 35.2 Å². The first-order valence-corrected chi connectivity index (χ1v) is 12.1. The number of carbonyl (C=O) groups is 2. The zero-order valence-electron chi connectivity index (χ0n) is 20.1. The van der Waals surface area contributed by atoms with Gasteiger partial charge < -0.3 is 14.5 Å². The molecule has 0 spiro atoms. The Balaban J connectivity index is 1.85. The number of amides is 2. The quantitative estimate of drug-likeness (QED) is 0.594. The number of hydrogen-bond donors (Lipinski definition) is 1. The summed E-state index contributed by atoms with van der Waals surface area (Å²) in [6.07, 6.45) is 1.75. The number of aryl methyl sites for hydroxylation is 1. The van der Waals surface area contributed by atoms with Gasteiger partial charge in [0.15, 0.2) is 0 Å². The molecule has 0 aliphatic carbocycles. The molecule has 1 N–H and O–H groups in total. The molecule has 33 heavy (non-hydrogen) atoms. The van der Waals surface area contributed by atoms with Gasteiger partial charge in [0.1, 0.15) is 5.75 Å². The summed E-state index contributed by atoms with van der Waals surface area (Å²) in [6, 6.07) is 11.2. The summed E-state index contributed by atoms with van der Waals surface area (Å²) in [7, 11) is 1.67. The zero-order chi connectivity index (χ0) is 23.9. The number of nitrogens with one attached hydrogen (secondary N) is 1. The molecule has 2 aliphatic heterocycles. The highest BCUT2D eigenvalue weighted by Gasteiger charge is 2.28. The van der Waals surface area contributed by atoms with E-state index in [0.29, 0.717) is 17.0 Å². The molecule has 4 rings (SSSR count). The van der Waals surface area contributed by atoms with Crippen LogP contribution in [-0.2, 0) is 4.79 Å². The molecule has 7 heteroatoms. The summed E-state index contributed by atoms with van der Waals surface area (Å²) in [4.78, 5) is 28.9. The van der Waals surface area contributed by atoms with Crippen molar-refractivity contribution in [1.29, 1.82) is 0 Å². The normalized spacial score (nSPS) is 17.3. The molecule has 0 aromatic heterocycles. The topological polar surface area (TPSA) is 61.9 Å². The molecular formula is C26H31N3O3S. The van der Waals surface area contributed by atoms with E-state index in [-0.39, 0.29) is 11.1 Å². The molecule has 2 heterocycles. The number of benzene rings is 2. The Morgan fingerprint density at radius 3 is 2.15 bits per heavy atom. The van der Waals surface area contributed by atoms with Crippen molar-refractivity contribution in [3.05, 3.63) is 46.4 Å². The van der Waals surface area contributed by atoms with Crippen molar-refractivity contribution in [3.63, 3.8) is 0 Å². The maximum absolute atomic E-state index is 12.0. The van der Waals surface area contributed by atoms with Crippen LogP contribution in [0, 0.1) is 6.92 Å². The minimum atomic E-state index is -0.353. The first kappa shape index (κ1) is 23.2. The van der Waals surface area contributed by atoms with Gasteiger partial charge in [-0.2, -0.15) is 0 Å². The lowest BCUT2D eigenvalue weighted by Crippen LogP contribution is -2.46. The molecule has 1 fully saturated rings. The lowest BCUT2D eigenvalue weighted by atomic mass is 9.94. The van der Waals surface area contributed by atoms with Crippen molar-refractivity contribution in [2.24, 2.45) is 0 Å². The van der Waals surface area contributed by atoms with Crippen molar-refractivity contribution in [2.45, 2.75) is 46.7 Å². The summed E-state index contributed by atoms with van der Waals surface area (Å²) in [6.45, 7) is 13.0. The highest BCUT2D eigenvalue weighted by molar-refractivity contribution is 8.18. The van der Waals surface area contributed by atoms with Crippen LogP contribution in [0.4, 0.5) is 16.2 Å². The number of carbonyl (C=O) groups excluding carboxylic acids is 2. The minimum absolute atomic E-state index is 0.339. The van der Waals surface area contributed by atoms with E-state index in [2.05, 4.69) is 61.9 Å². The Labute approximate surface area is 200 Å². The van der Waals surface area contributed by atoms with Crippen LogP contribution >= 0.6 is 11.8 Å². The van der Waals surface area contributed by atoms with Gasteiger partial charge >= 0.3 is 0 Å². The van der Waals surface area contributed by atoms with E-state index in [1.54, 1.807) is 13.2 Å². The molecule has 2 aromatic rings. The number of hydrogen-bond acceptors (Lipinski definition) is 6. The molecule has 2 aromatic carbocycles. The monoisotopic (exact) mass is 465 g/mol. The minimum Gasteiger partial charge on any atom is -0.496 e. The van der Waals surface area contributed by atoms with Crippen molar-refractivity contribution in [1.82, 2.24) is 5.32 Å². The predicted octanol–water partition coefficient (Wildman–Crippen LogP) is 5.44. The average molecular weight is 466 g/mol. The predicted molar refractivity (Wildman–Crippen MR) is 137 cm³/mol. The van der Waals surface area contributed by atoms with Gasteiger partial charge in [-0.05, 0) is 93.4 Å². The maximum atomic E-state index is 12.0. The van der Waals surface area contributed by atoms with Crippen LogP contribution in [0.3, 0.4) is 0 Å². The maximum Gasteiger partial charge on any atom is 0.290 e. The molecule has 2 amide bonds. The zero-order valence-corrected chi connectivity index (χ0v) is 20.9. The van der Waals surface area contributed by atoms with Crippen LogP contribution in [0.2, 0.25) is 0 Å². The van der Waals surface area contributed by atoms with Gasteiger partial charge in [-0.1, -0.05) is 6.07 Å². The fourth-order valence-electron chi connectivity index (χ4n) is 4.56.